The number of imidazole rings is 1. The minimum absolute atomic E-state index is 0.121. The largest absolute Gasteiger partial charge is 0.486 e. The molecule has 1 N–H and O–H groups in total. The van der Waals surface area contributed by atoms with Gasteiger partial charge in [-0.15, -0.1) is 0 Å². The number of carbonyl (C=O) groups is 2. The molecule has 2 heterocycles. The molecule has 0 unspecified atom stereocenters. The van der Waals surface area contributed by atoms with Crippen LogP contribution in [0.3, 0.4) is 0 Å². The second-order valence-corrected chi connectivity index (χ2v) is 7.76. The Morgan fingerprint density at radius 1 is 1.12 bits per heavy atom. The highest BCUT2D eigenvalue weighted by Gasteiger charge is 2.26. The third kappa shape index (κ3) is 4.69. The summed E-state index contributed by atoms with van der Waals surface area (Å²) in [5.41, 5.74) is 3.60. The highest BCUT2D eigenvalue weighted by molar-refractivity contribution is 6.44. The van der Waals surface area contributed by atoms with Crippen LogP contribution >= 0.6 is 0 Å². The minimum Gasteiger partial charge on any atom is -0.486 e. The first-order chi connectivity index (χ1) is 15.4. The van der Waals surface area contributed by atoms with Gasteiger partial charge in [-0.25, -0.2) is 9.99 Å². The molecule has 1 aliphatic rings. The third-order valence-electron chi connectivity index (χ3n) is 5.29. The molecule has 164 valence electrons. The summed E-state index contributed by atoms with van der Waals surface area (Å²) in [4.78, 5) is 29.5. The van der Waals surface area contributed by atoms with Crippen molar-refractivity contribution in [3.8, 4) is 5.75 Å². The molecule has 0 atom stereocenters. The van der Waals surface area contributed by atoms with E-state index in [2.05, 4.69) is 15.4 Å². The summed E-state index contributed by atoms with van der Waals surface area (Å²) in [6, 6.07) is 12.9. The van der Waals surface area contributed by atoms with Crippen molar-refractivity contribution >= 4 is 28.9 Å². The normalized spacial score (nSPS) is 13.7. The van der Waals surface area contributed by atoms with E-state index >= 15 is 0 Å². The van der Waals surface area contributed by atoms with Crippen LogP contribution in [0.4, 0.5) is 11.4 Å². The Hall–Kier alpha value is -3.94. The monoisotopic (exact) mass is 431 g/mol. The van der Waals surface area contributed by atoms with Gasteiger partial charge in [0.15, 0.2) is 0 Å². The third-order valence-corrected chi connectivity index (χ3v) is 5.29. The number of carbonyl (C=O) groups excluding carboxylic acids is 2. The Labute approximate surface area is 186 Å². The summed E-state index contributed by atoms with van der Waals surface area (Å²) in [5, 5.41) is 8.56. The summed E-state index contributed by atoms with van der Waals surface area (Å²) in [6.45, 7) is 4.23. The molecule has 3 aromatic rings. The van der Waals surface area contributed by atoms with E-state index < -0.39 is 0 Å². The Bertz CT molecular complexity index is 1180. The predicted molar refractivity (Wildman–Crippen MR) is 123 cm³/mol. The van der Waals surface area contributed by atoms with Crippen molar-refractivity contribution in [2.75, 3.05) is 10.3 Å². The summed E-state index contributed by atoms with van der Waals surface area (Å²) in [5.74, 6) is 1.05. The fourth-order valence-corrected chi connectivity index (χ4v) is 3.37. The van der Waals surface area contributed by atoms with E-state index in [0.717, 1.165) is 17.0 Å². The first-order valence-electron chi connectivity index (χ1n) is 10.4. The quantitative estimate of drug-likeness (QED) is 0.644. The fourth-order valence-electron chi connectivity index (χ4n) is 3.37. The number of amides is 2. The highest BCUT2D eigenvalue weighted by atomic mass is 16.5. The van der Waals surface area contributed by atoms with Crippen LogP contribution in [0.1, 0.15) is 29.8 Å². The van der Waals surface area contributed by atoms with Gasteiger partial charge in [0.1, 0.15) is 23.9 Å². The van der Waals surface area contributed by atoms with E-state index in [1.165, 1.54) is 5.01 Å². The molecular weight excluding hydrogens is 406 g/mol. The second-order valence-electron chi connectivity index (χ2n) is 7.76. The van der Waals surface area contributed by atoms with Gasteiger partial charge in [-0.2, -0.15) is 5.10 Å². The summed E-state index contributed by atoms with van der Waals surface area (Å²) >= 11 is 0. The maximum atomic E-state index is 12.8. The zero-order valence-corrected chi connectivity index (χ0v) is 18.3. The van der Waals surface area contributed by atoms with Crippen LogP contribution in [-0.2, 0) is 23.2 Å². The van der Waals surface area contributed by atoms with E-state index in [4.69, 9.17) is 4.74 Å². The SMILES string of the molecule is Cc1ccc(C)c(N2N=C(C(=O)Nc3ccc(OCc4nccn4C)cc3)CCC2=O)c1. The van der Waals surface area contributed by atoms with Crippen LogP contribution in [0.15, 0.2) is 60.0 Å². The average Bonchev–Trinajstić information content (AvgIpc) is 3.20. The minimum atomic E-state index is -0.325. The molecule has 0 saturated heterocycles. The van der Waals surface area contributed by atoms with Gasteiger partial charge >= 0.3 is 0 Å². The highest BCUT2D eigenvalue weighted by Crippen LogP contribution is 2.26. The molecule has 32 heavy (non-hydrogen) atoms. The molecule has 0 fully saturated rings. The number of hydrogen-bond donors (Lipinski definition) is 1. The summed E-state index contributed by atoms with van der Waals surface area (Å²) in [6.07, 6.45) is 4.12. The maximum Gasteiger partial charge on any atom is 0.271 e. The molecular formula is C24H25N5O3. The van der Waals surface area contributed by atoms with Crippen molar-refractivity contribution < 1.29 is 14.3 Å². The van der Waals surface area contributed by atoms with E-state index in [9.17, 15) is 9.59 Å². The first kappa shape index (κ1) is 21.3. The van der Waals surface area contributed by atoms with Gasteiger partial charge in [-0.3, -0.25) is 9.59 Å². The van der Waals surface area contributed by atoms with Gasteiger partial charge in [-0.1, -0.05) is 12.1 Å². The Kier molecular flexibility index (Phi) is 6.02. The van der Waals surface area contributed by atoms with Crippen LogP contribution < -0.4 is 15.1 Å². The molecule has 1 aromatic heterocycles. The van der Waals surface area contributed by atoms with Crippen LogP contribution in [-0.4, -0.2) is 27.1 Å². The Morgan fingerprint density at radius 3 is 2.62 bits per heavy atom. The van der Waals surface area contributed by atoms with E-state index in [-0.39, 0.29) is 18.2 Å². The molecule has 0 aliphatic carbocycles. The molecule has 1 aliphatic heterocycles. The van der Waals surface area contributed by atoms with Crippen molar-refractivity contribution in [3.05, 3.63) is 71.8 Å². The Morgan fingerprint density at radius 2 is 1.91 bits per heavy atom. The number of aromatic nitrogens is 2. The van der Waals surface area contributed by atoms with Crippen molar-refractivity contribution in [2.45, 2.75) is 33.3 Å². The van der Waals surface area contributed by atoms with Gasteiger partial charge in [0, 0.05) is 38.0 Å². The predicted octanol–water partition coefficient (Wildman–Crippen LogP) is 3.74. The van der Waals surface area contributed by atoms with Gasteiger partial charge in [-0.05, 0) is 55.3 Å². The van der Waals surface area contributed by atoms with Gasteiger partial charge in [0.25, 0.3) is 5.91 Å². The molecule has 4 rings (SSSR count). The van der Waals surface area contributed by atoms with Crippen LogP contribution in [0.2, 0.25) is 0 Å². The average molecular weight is 431 g/mol. The maximum absolute atomic E-state index is 12.8. The van der Waals surface area contributed by atoms with Crippen molar-refractivity contribution in [2.24, 2.45) is 12.1 Å². The number of hydrogen-bond acceptors (Lipinski definition) is 5. The Balaban J connectivity index is 1.43. The molecule has 0 saturated carbocycles. The van der Waals surface area contributed by atoms with Crippen molar-refractivity contribution in [1.29, 1.82) is 0 Å². The van der Waals surface area contributed by atoms with Gasteiger partial charge in [0.2, 0.25) is 5.91 Å². The van der Waals surface area contributed by atoms with Gasteiger partial charge < -0.3 is 14.6 Å². The van der Waals surface area contributed by atoms with Crippen molar-refractivity contribution in [3.63, 3.8) is 0 Å². The number of nitrogens with zero attached hydrogens (tertiary/aromatic N) is 4. The van der Waals surface area contributed by atoms with Gasteiger partial charge in [0.05, 0.1) is 5.69 Å². The molecule has 0 radical (unpaired) electrons. The fraction of sp³-hybridized carbons (Fsp3) is 0.250. The zero-order chi connectivity index (χ0) is 22.7. The molecule has 0 spiro atoms. The number of rotatable bonds is 6. The number of benzene rings is 2. The number of hydrazone groups is 1. The molecule has 8 nitrogen and oxygen atoms in total. The lowest BCUT2D eigenvalue weighted by Crippen LogP contribution is -2.36. The summed E-state index contributed by atoms with van der Waals surface area (Å²) < 4.78 is 7.63. The van der Waals surface area contributed by atoms with E-state index in [0.29, 0.717) is 35.9 Å². The molecule has 2 aromatic carbocycles. The number of nitrogens with one attached hydrogen (secondary N) is 1. The zero-order valence-electron chi connectivity index (χ0n) is 18.3. The molecule has 8 heteroatoms. The number of ether oxygens (including phenoxy) is 1. The molecule has 0 bridgehead atoms. The standard InChI is InChI=1S/C24H25N5O3/c1-16-4-5-17(2)21(14-16)29-23(30)11-10-20(27-29)24(31)26-18-6-8-19(9-7-18)32-15-22-25-12-13-28(22)3/h4-9,12-14H,10-11,15H2,1-3H3,(H,26,31). The first-order valence-corrected chi connectivity index (χ1v) is 10.4. The lowest BCUT2D eigenvalue weighted by Gasteiger charge is -2.24. The van der Waals surface area contributed by atoms with Crippen LogP contribution in [0.25, 0.3) is 0 Å². The van der Waals surface area contributed by atoms with Crippen LogP contribution in [0.5, 0.6) is 5.75 Å². The van der Waals surface area contributed by atoms with E-state index in [1.54, 1.807) is 30.5 Å². The molecule has 2 amide bonds. The summed E-state index contributed by atoms with van der Waals surface area (Å²) in [7, 11) is 1.91. The van der Waals surface area contributed by atoms with Crippen molar-refractivity contribution in [1.82, 2.24) is 9.55 Å². The lowest BCUT2D eigenvalue weighted by atomic mass is 10.1. The van der Waals surface area contributed by atoms with E-state index in [1.807, 2.05) is 49.9 Å². The number of aryl methyl sites for hydroxylation is 3. The topological polar surface area (TPSA) is 88.8 Å². The second kappa shape index (κ2) is 9.05. The lowest BCUT2D eigenvalue weighted by molar-refractivity contribution is -0.118. The number of anilines is 2. The smallest absolute Gasteiger partial charge is 0.271 e. The van der Waals surface area contributed by atoms with Crippen LogP contribution in [0, 0.1) is 13.8 Å².